The van der Waals surface area contributed by atoms with Gasteiger partial charge in [0.2, 0.25) is 0 Å². The van der Waals surface area contributed by atoms with Gasteiger partial charge in [0, 0.05) is 29.7 Å². The fraction of sp³-hybridized carbons (Fsp3) is 0.500. The minimum absolute atomic E-state index is 0.283. The zero-order chi connectivity index (χ0) is 11.5. The molecule has 4 heteroatoms. The average Bonchev–Trinajstić information content (AvgIpc) is 2.70. The Hall–Kier alpha value is -0.280. The van der Waals surface area contributed by atoms with Gasteiger partial charge in [-0.05, 0) is 36.6 Å². The minimum atomic E-state index is 0.283. The quantitative estimate of drug-likeness (QED) is 0.903. The lowest BCUT2D eigenvalue weighted by Crippen LogP contribution is -2.21. The summed E-state index contributed by atoms with van der Waals surface area (Å²) in [6, 6.07) is 5.61. The van der Waals surface area contributed by atoms with E-state index < -0.39 is 0 Å². The molecule has 2 rings (SSSR count). The first-order valence-corrected chi connectivity index (χ1v) is 6.22. The number of aliphatic hydroxyl groups is 1. The van der Waals surface area contributed by atoms with Gasteiger partial charge in [-0.3, -0.25) is 4.90 Å². The van der Waals surface area contributed by atoms with E-state index >= 15 is 0 Å². The fourth-order valence-electron chi connectivity index (χ4n) is 2.10. The maximum Gasteiger partial charge on any atom is 0.0471 e. The number of hydrogen-bond acceptors (Lipinski definition) is 2. The third-order valence-electron chi connectivity index (χ3n) is 3.04. The van der Waals surface area contributed by atoms with Crippen molar-refractivity contribution < 1.29 is 5.11 Å². The summed E-state index contributed by atoms with van der Waals surface area (Å²) >= 11 is 12.0. The van der Waals surface area contributed by atoms with Crippen LogP contribution >= 0.6 is 23.2 Å². The van der Waals surface area contributed by atoms with Gasteiger partial charge in [0.05, 0.1) is 0 Å². The van der Waals surface area contributed by atoms with Crippen LogP contribution in [0.25, 0.3) is 0 Å². The second-order valence-electron chi connectivity index (χ2n) is 4.31. The molecule has 88 valence electrons. The van der Waals surface area contributed by atoms with E-state index in [1.807, 2.05) is 12.1 Å². The maximum atomic E-state index is 9.07. The number of rotatable bonds is 3. The highest BCUT2D eigenvalue weighted by atomic mass is 35.5. The largest absolute Gasteiger partial charge is 0.396 e. The van der Waals surface area contributed by atoms with E-state index in [-0.39, 0.29) is 6.61 Å². The van der Waals surface area contributed by atoms with E-state index in [2.05, 4.69) is 4.90 Å². The van der Waals surface area contributed by atoms with Crippen molar-refractivity contribution in [3.05, 3.63) is 33.8 Å². The van der Waals surface area contributed by atoms with Crippen LogP contribution in [0.3, 0.4) is 0 Å². The molecule has 0 spiro atoms. The van der Waals surface area contributed by atoms with Crippen molar-refractivity contribution in [3.63, 3.8) is 0 Å². The normalized spacial score (nSPS) is 21.6. The summed E-state index contributed by atoms with van der Waals surface area (Å²) in [6.07, 6.45) is 1.07. The van der Waals surface area contributed by atoms with Crippen molar-refractivity contribution in [1.82, 2.24) is 4.90 Å². The molecule has 1 fully saturated rings. The molecule has 1 saturated heterocycles. The minimum Gasteiger partial charge on any atom is -0.396 e. The molecule has 0 bridgehead atoms. The van der Waals surface area contributed by atoms with Gasteiger partial charge in [-0.25, -0.2) is 0 Å². The zero-order valence-corrected chi connectivity index (χ0v) is 10.5. The van der Waals surface area contributed by atoms with Crippen LogP contribution in [-0.2, 0) is 6.54 Å². The van der Waals surface area contributed by atoms with Crippen molar-refractivity contribution >= 4 is 23.2 Å². The second-order valence-corrected chi connectivity index (χ2v) is 5.15. The number of benzene rings is 1. The van der Waals surface area contributed by atoms with Crippen LogP contribution in [-0.4, -0.2) is 29.7 Å². The summed E-state index contributed by atoms with van der Waals surface area (Å²) in [5, 5.41) is 10.5. The molecule has 1 aromatic carbocycles. The summed E-state index contributed by atoms with van der Waals surface area (Å²) in [6.45, 7) is 3.11. The Labute approximate surface area is 106 Å². The van der Waals surface area contributed by atoms with Crippen LogP contribution in [0, 0.1) is 5.92 Å². The van der Waals surface area contributed by atoms with Crippen molar-refractivity contribution in [2.75, 3.05) is 19.7 Å². The van der Waals surface area contributed by atoms with Crippen molar-refractivity contribution in [1.29, 1.82) is 0 Å². The molecule has 1 unspecified atom stereocenters. The lowest BCUT2D eigenvalue weighted by Gasteiger charge is -2.16. The number of halogens is 2. The molecular weight excluding hydrogens is 245 g/mol. The van der Waals surface area contributed by atoms with Gasteiger partial charge in [-0.15, -0.1) is 0 Å². The number of nitrogens with zero attached hydrogens (tertiary/aromatic N) is 1. The third-order valence-corrected chi connectivity index (χ3v) is 3.62. The summed E-state index contributed by atoms with van der Waals surface area (Å²) in [5.41, 5.74) is 1.10. The Morgan fingerprint density at radius 1 is 1.38 bits per heavy atom. The molecule has 0 radical (unpaired) electrons. The predicted molar refractivity (Wildman–Crippen MR) is 66.9 cm³/mol. The van der Waals surface area contributed by atoms with E-state index in [0.717, 1.165) is 36.6 Å². The Morgan fingerprint density at radius 3 is 2.81 bits per heavy atom. The fourth-order valence-corrected chi connectivity index (χ4v) is 2.56. The highest BCUT2D eigenvalue weighted by Gasteiger charge is 2.22. The topological polar surface area (TPSA) is 23.5 Å². The van der Waals surface area contributed by atoms with E-state index in [4.69, 9.17) is 28.3 Å². The van der Waals surface area contributed by atoms with Crippen LogP contribution < -0.4 is 0 Å². The molecule has 16 heavy (non-hydrogen) atoms. The first kappa shape index (κ1) is 12.2. The van der Waals surface area contributed by atoms with Crippen LogP contribution in [0.1, 0.15) is 12.0 Å². The van der Waals surface area contributed by atoms with Crippen LogP contribution in [0.4, 0.5) is 0 Å². The number of aliphatic hydroxyl groups excluding tert-OH is 1. The van der Waals surface area contributed by atoms with E-state index in [1.54, 1.807) is 6.07 Å². The van der Waals surface area contributed by atoms with Crippen LogP contribution in [0.5, 0.6) is 0 Å². The molecule has 0 aromatic heterocycles. The van der Waals surface area contributed by atoms with Crippen LogP contribution in [0.2, 0.25) is 10.0 Å². The standard InChI is InChI=1S/C12H15Cl2NO/c13-11-2-1-10(12(14)5-11)7-15-4-3-9(6-15)8-16/h1-2,5,9,16H,3-4,6-8H2. The van der Waals surface area contributed by atoms with E-state index in [0.29, 0.717) is 10.9 Å². The van der Waals surface area contributed by atoms with Gasteiger partial charge < -0.3 is 5.11 Å². The van der Waals surface area contributed by atoms with Gasteiger partial charge in [0.15, 0.2) is 0 Å². The van der Waals surface area contributed by atoms with E-state index in [1.165, 1.54) is 0 Å². The Balaban J connectivity index is 1.99. The SMILES string of the molecule is OCC1CCN(Cc2ccc(Cl)cc2Cl)C1. The Bertz CT molecular complexity index is 370. The third kappa shape index (κ3) is 2.89. The van der Waals surface area contributed by atoms with Gasteiger partial charge >= 0.3 is 0 Å². The predicted octanol–water partition coefficient (Wildman–Crippen LogP) is 2.81. The lowest BCUT2D eigenvalue weighted by atomic mass is 10.1. The first-order valence-electron chi connectivity index (χ1n) is 5.46. The van der Waals surface area contributed by atoms with Crippen molar-refractivity contribution in [2.24, 2.45) is 5.92 Å². The lowest BCUT2D eigenvalue weighted by molar-refractivity contribution is 0.220. The smallest absolute Gasteiger partial charge is 0.0471 e. The van der Waals surface area contributed by atoms with Crippen molar-refractivity contribution in [2.45, 2.75) is 13.0 Å². The first-order chi connectivity index (χ1) is 7.69. The molecule has 0 aliphatic carbocycles. The molecule has 2 nitrogen and oxygen atoms in total. The molecule has 1 aliphatic heterocycles. The molecular formula is C12H15Cl2NO. The van der Waals surface area contributed by atoms with Crippen molar-refractivity contribution in [3.8, 4) is 0 Å². The molecule has 1 aliphatic rings. The zero-order valence-electron chi connectivity index (χ0n) is 9.00. The summed E-state index contributed by atoms with van der Waals surface area (Å²) in [5.74, 6) is 0.422. The molecule has 1 N–H and O–H groups in total. The molecule has 0 saturated carbocycles. The van der Waals surface area contributed by atoms with Gasteiger partial charge in [-0.1, -0.05) is 29.3 Å². The average molecular weight is 260 g/mol. The molecule has 0 amide bonds. The van der Waals surface area contributed by atoms with Gasteiger partial charge in [0.25, 0.3) is 0 Å². The number of hydrogen-bond donors (Lipinski definition) is 1. The Morgan fingerprint density at radius 2 is 2.19 bits per heavy atom. The van der Waals surface area contributed by atoms with Gasteiger partial charge in [-0.2, -0.15) is 0 Å². The summed E-state index contributed by atoms with van der Waals surface area (Å²) in [4.78, 5) is 2.32. The highest BCUT2D eigenvalue weighted by Crippen LogP contribution is 2.24. The van der Waals surface area contributed by atoms with Gasteiger partial charge in [0.1, 0.15) is 0 Å². The highest BCUT2D eigenvalue weighted by molar-refractivity contribution is 6.35. The second kappa shape index (κ2) is 5.37. The molecule has 1 aromatic rings. The Kier molecular flexibility index (Phi) is 4.09. The summed E-state index contributed by atoms with van der Waals surface area (Å²) in [7, 11) is 0. The summed E-state index contributed by atoms with van der Waals surface area (Å²) < 4.78 is 0. The molecule has 1 heterocycles. The molecule has 1 atom stereocenters. The van der Waals surface area contributed by atoms with Crippen LogP contribution in [0.15, 0.2) is 18.2 Å². The number of likely N-dealkylation sites (tertiary alicyclic amines) is 1. The van der Waals surface area contributed by atoms with E-state index in [9.17, 15) is 0 Å². The monoisotopic (exact) mass is 259 g/mol. The maximum absolute atomic E-state index is 9.07.